The van der Waals surface area contributed by atoms with Crippen molar-refractivity contribution in [2.45, 2.75) is 51.4 Å². The van der Waals surface area contributed by atoms with Crippen LogP contribution in [-0.2, 0) is 18.9 Å². The molecule has 0 aliphatic rings. The first-order chi connectivity index (χ1) is 30.6. The Hall–Kier alpha value is -10.1. The number of unbranched alkanes of at least 4 members (excludes halogenated alkanes) is 6. The molecule has 0 unspecified atom stereocenters. The van der Waals surface area contributed by atoms with Crippen molar-refractivity contribution >= 4 is 12.2 Å². The molecule has 0 fully saturated rings. The van der Waals surface area contributed by atoms with Crippen LogP contribution < -0.4 is 10.6 Å². The molecule has 8 heteroatoms. The summed E-state index contributed by atoms with van der Waals surface area (Å²) in [4.78, 5) is 24.6. The molecule has 0 aliphatic heterocycles. The van der Waals surface area contributed by atoms with E-state index in [0.717, 1.165) is 38.5 Å². The van der Waals surface area contributed by atoms with Gasteiger partial charge in [-0.3, -0.25) is 10.6 Å². The van der Waals surface area contributed by atoms with Crippen LogP contribution in [0.25, 0.3) is 0 Å². The molecule has 0 aromatic heterocycles. The van der Waals surface area contributed by atoms with Gasteiger partial charge >= 0.3 is 12.2 Å². The van der Waals surface area contributed by atoms with E-state index in [4.69, 9.17) is 18.9 Å². The smallest absolute Gasteiger partial charge is 0.413 e. The van der Waals surface area contributed by atoms with Crippen LogP contribution in [-0.4, -0.2) is 38.6 Å². The minimum Gasteiger partial charge on any atom is -0.502 e. The summed E-state index contributed by atoms with van der Waals surface area (Å²) in [6.45, 7) is 11.8. The highest BCUT2D eigenvalue weighted by Gasteiger charge is 2.10. The summed E-state index contributed by atoms with van der Waals surface area (Å²) in [7, 11) is 0. The number of carbonyl (C=O) groups excluding carboxylic acids is 2. The van der Waals surface area contributed by atoms with E-state index in [2.05, 4.69) is 225 Å². The van der Waals surface area contributed by atoms with Crippen molar-refractivity contribution in [2.24, 2.45) is 0 Å². The van der Waals surface area contributed by atoms with Crippen LogP contribution >= 0.6 is 0 Å². The molecule has 0 aliphatic carbocycles. The quantitative estimate of drug-likeness (QED) is 0.0815. The van der Waals surface area contributed by atoms with Crippen LogP contribution in [0, 0.1) is 0 Å². The van der Waals surface area contributed by atoms with Crippen LogP contribution in [0.4, 0.5) is 9.59 Å². The molecule has 2 amide bonds. The number of ether oxygens (including phenoxy) is 4. The normalized spacial score (nSPS) is 6.58. The summed E-state index contributed by atoms with van der Waals surface area (Å²) in [5.74, 6) is -0.169. The van der Waals surface area contributed by atoms with Gasteiger partial charge in [-0.15, -0.1) is 0 Å². The zero-order valence-electron chi connectivity index (χ0n) is 33.7. The number of hydrogen-bond donors (Lipinski definition) is 2. The van der Waals surface area contributed by atoms with Crippen molar-refractivity contribution in [3.05, 3.63) is 233 Å². The predicted molar refractivity (Wildman–Crippen MR) is 227 cm³/mol. The molecule has 296 valence electrons. The predicted octanol–water partition coefficient (Wildman–Crippen LogP) is 9.62. The third-order valence-electron chi connectivity index (χ3n) is 5.68. The Balaban J connectivity index is 6.03. The van der Waals surface area contributed by atoms with Gasteiger partial charge in [-0.1, -0.05) is 18.9 Å². The summed E-state index contributed by atoms with van der Waals surface area (Å²) < 4.78 is 20.5. The van der Waals surface area contributed by atoms with Gasteiger partial charge in [-0.2, -0.15) is 0 Å². The van der Waals surface area contributed by atoms with Gasteiger partial charge in [0.2, 0.25) is 0 Å². The molecule has 0 aromatic rings. The fourth-order valence-corrected chi connectivity index (χ4v) is 3.22. The minimum absolute atomic E-state index is 0.169. The largest absolute Gasteiger partial charge is 0.502 e. The second-order valence-electron chi connectivity index (χ2n) is 10.1. The lowest BCUT2D eigenvalue weighted by molar-refractivity contribution is 0.140. The van der Waals surface area contributed by atoms with Crippen molar-refractivity contribution in [3.8, 4) is 0 Å². The maximum atomic E-state index is 12.3. The van der Waals surface area contributed by atoms with E-state index in [-0.39, 0.29) is 19.0 Å². The van der Waals surface area contributed by atoms with Gasteiger partial charge < -0.3 is 18.9 Å². The average Bonchev–Trinajstić information content (AvgIpc) is 3.27. The van der Waals surface area contributed by atoms with Crippen LogP contribution in [0.3, 0.4) is 0 Å². The number of rotatable bonds is 18. The van der Waals surface area contributed by atoms with Gasteiger partial charge in [0.1, 0.15) is 0 Å². The number of amides is 2. The molecular formula is C54H34N2O6. The molecule has 0 saturated carbocycles. The average molecular weight is 807 g/mol. The Kier molecular flexibility index (Phi) is 37.9. The maximum Gasteiger partial charge on any atom is 0.413 e. The molecule has 8 nitrogen and oxygen atoms in total. The highest BCUT2D eigenvalue weighted by Crippen LogP contribution is 2.02. The zero-order valence-corrected chi connectivity index (χ0v) is 33.7. The van der Waals surface area contributed by atoms with E-state index in [1.54, 1.807) is 0 Å². The van der Waals surface area contributed by atoms with E-state index in [9.17, 15) is 9.59 Å². The molecule has 0 aromatic carbocycles. The molecule has 0 rings (SSSR count). The number of hydrogen-bond acceptors (Lipinski definition) is 6. The Morgan fingerprint density at radius 1 is 0.355 bits per heavy atom. The van der Waals surface area contributed by atoms with Crippen LogP contribution in [0.1, 0.15) is 51.4 Å². The topological polar surface area (TPSA) is 95.1 Å². The summed E-state index contributed by atoms with van der Waals surface area (Å²) in [5, 5.41) is 4.79. The van der Waals surface area contributed by atoms with Gasteiger partial charge in [-0.25, -0.2) is 9.59 Å². The maximum absolute atomic E-state index is 12.3. The van der Waals surface area contributed by atoms with Crippen molar-refractivity contribution in [1.29, 1.82) is 0 Å². The third kappa shape index (κ3) is 42.6. The van der Waals surface area contributed by atoms with Crippen molar-refractivity contribution in [2.75, 3.05) is 26.4 Å². The zero-order chi connectivity index (χ0) is 44.9. The molecule has 2 N–H and O–H groups in total. The molecular weight excluding hydrogens is 773 g/mol. The Morgan fingerprint density at radius 3 is 0.855 bits per heavy atom. The molecule has 0 saturated heterocycles. The fraction of sp³-hybridized carbons (Fsp3) is 0.222. The Bertz CT molecular complexity index is 2990. The lowest BCUT2D eigenvalue weighted by Crippen LogP contribution is -2.35. The van der Waals surface area contributed by atoms with Crippen molar-refractivity contribution in [3.63, 3.8) is 0 Å². The highest BCUT2D eigenvalue weighted by atomic mass is 16.6. The first-order valence-electron chi connectivity index (χ1n) is 18.1. The summed E-state index contributed by atoms with van der Waals surface area (Å²) in [6, 6.07) is 0. The van der Waals surface area contributed by atoms with Gasteiger partial charge in [0, 0.05) is 91.7 Å². The van der Waals surface area contributed by atoms with E-state index >= 15 is 0 Å². The van der Waals surface area contributed by atoms with E-state index in [1.807, 2.05) is 0 Å². The Morgan fingerprint density at radius 2 is 0.597 bits per heavy atom. The minimum atomic E-state index is -0.797. The lowest BCUT2D eigenvalue weighted by atomic mass is 10.2. The summed E-state index contributed by atoms with van der Waals surface area (Å²) >= 11 is 0. The second-order valence-corrected chi connectivity index (χ2v) is 10.1. The van der Waals surface area contributed by atoms with Crippen LogP contribution in [0.5, 0.6) is 0 Å². The second kappa shape index (κ2) is 45.3. The standard InChI is InChI=1S/C54H34N2O6/c1-4-7-8-9-10-11-12-13-14-15-16-17-18-19-20-21-22-23-24-25-26-27-28-29-30-31-32-33-34-35-36-37-42-47-52(55-53(57)61-50-45-40-38-43-48-59-5-2)56-54(58)62-51-46-41-39-44-49-60-6-3/h5-6H,1-3,38-41,43-46,48-51H2,(H,55,57)(H,56,58). The SMILES string of the molecule is C=C=C=C=C=C=C=C=C=C=C=C=C=C=C=C=C=C=C=C=C=C=C=C=C=C=C=C=C=C=C=C=C=C=C=C(NC(=O)OCCCCCCOC=C)NC(=O)OCCCCCCOC=C. The Labute approximate surface area is 360 Å². The fourth-order valence-electron chi connectivity index (χ4n) is 3.22. The first kappa shape index (κ1) is 51.9. The number of alkyl carbamates (subject to hydrolysis) is 2. The molecule has 0 bridgehead atoms. The molecule has 0 radical (unpaired) electrons. The van der Waals surface area contributed by atoms with Crippen LogP contribution in [0.2, 0.25) is 0 Å². The highest BCUT2D eigenvalue weighted by molar-refractivity contribution is 5.73. The van der Waals surface area contributed by atoms with E-state index < -0.39 is 12.2 Å². The van der Waals surface area contributed by atoms with Gasteiger partial charge in [0.15, 0.2) is 5.82 Å². The van der Waals surface area contributed by atoms with Gasteiger partial charge in [0.05, 0.1) is 39.0 Å². The molecule has 0 atom stereocenters. The number of nitrogens with one attached hydrogen (secondary N) is 2. The van der Waals surface area contributed by atoms with Gasteiger partial charge in [-0.05, 0) is 155 Å². The molecule has 0 heterocycles. The lowest BCUT2D eigenvalue weighted by Gasteiger charge is -2.10. The molecule has 0 spiro atoms. The number of carbonyl (C=O) groups is 2. The van der Waals surface area contributed by atoms with Crippen molar-refractivity contribution in [1.82, 2.24) is 10.6 Å². The monoisotopic (exact) mass is 806 g/mol. The van der Waals surface area contributed by atoms with Gasteiger partial charge in [0.25, 0.3) is 0 Å². The molecule has 62 heavy (non-hydrogen) atoms. The van der Waals surface area contributed by atoms with E-state index in [1.165, 1.54) is 12.5 Å². The van der Waals surface area contributed by atoms with Crippen molar-refractivity contribution < 1.29 is 28.5 Å². The summed E-state index contributed by atoms with van der Waals surface area (Å²) in [5.41, 5.74) is 84.6. The summed E-state index contributed by atoms with van der Waals surface area (Å²) in [6.07, 6.45) is 7.76. The van der Waals surface area contributed by atoms with Crippen LogP contribution in [0.15, 0.2) is 233 Å². The van der Waals surface area contributed by atoms with E-state index in [0.29, 0.717) is 26.1 Å². The first-order valence-corrected chi connectivity index (χ1v) is 18.1. The third-order valence-corrected chi connectivity index (χ3v) is 5.68.